The van der Waals surface area contributed by atoms with Gasteiger partial charge in [0.15, 0.2) is 0 Å². The molecule has 1 aromatic carbocycles. The molecule has 0 radical (unpaired) electrons. The first-order valence-electron chi connectivity index (χ1n) is 10.8. The van der Waals surface area contributed by atoms with Crippen LogP contribution in [0.3, 0.4) is 0 Å². The Bertz CT molecular complexity index is 730. The minimum absolute atomic E-state index is 0.0847. The van der Waals surface area contributed by atoms with E-state index < -0.39 is 11.9 Å². The number of carbonyl (C=O) groups is 3. The van der Waals surface area contributed by atoms with Crippen molar-refractivity contribution in [2.75, 3.05) is 72.2 Å². The summed E-state index contributed by atoms with van der Waals surface area (Å²) in [6, 6.07) is 8.34. The first-order valence-corrected chi connectivity index (χ1v) is 10.8. The van der Waals surface area contributed by atoms with Gasteiger partial charge in [0.1, 0.15) is 6.73 Å². The third-order valence-corrected chi connectivity index (χ3v) is 5.50. The molecule has 0 saturated carbocycles. The number of ether oxygens (including phenoxy) is 1. The summed E-state index contributed by atoms with van der Waals surface area (Å²) in [5.41, 5.74) is 2.37. The molecule has 0 aliphatic carbocycles. The molecule has 1 heterocycles. The van der Waals surface area contributed by atoms with Crippen LogP contribution in [0, 0.1) is 6.92 Å². The number of carbonyl (C=O) groups excluding carboxylic acids is 1. The van der Waals surface area contributed by atoms with Crippen molar-refractivity contribution in [2.24, 2.45) is 0 Å². The number of hydrogen-bond donors (Lipinski definition) is 2. The van der Waals surface area contributed by atoms with Crippen LogP contribution in [0.15, 0.2) is 24.3 Å². The van der Waals surface area contributed by atoms with E-state index in [9.17, 15) is 24.6 Å². The molecule has 1 aromatic rings. The van der Waals surface area contributed by atoms with Gasteiger partial charge in [-0.05, 0) is 12.5 Å². The zero-order valence-electron chi connectivity index (χ0n) is 18.7. The van der Waals surface area contributed by atoms with Crippen molar-refractivity contribution in [1.29, 1.82) is 0 Å². The Morgan fingerprint density at radius 2 is 1.25 bits per heavy atom. The molecule has 1 fully saturated rings. The Morgan fingerprint density at radius 1 is 0.812 bits per heavy atom. The standard InChI is InChI=1S/C22H34N4O6/c1-19-2-4-20(5-3-19)14-23-6-7-24(15-21(28)29)8-9-25(16-22(30)31)11-13-26(12-10-23)17-32-18-27/h2-5,18H,6-17H2,1H3,(H,28,29)(H,30,31). The molecule has 1 saturated heterocycles. The average molecular weight is 451 g/mol. The number of aryl methyl sites for hydroxylation is 1. The lowest BCUT2D eigenvalue weighted by Gasteiger charge is -2.33. The normalized spacial score (nSPS) is 18.4. The summed E-state index contributed by atoms with van der Waals surface area (Å²) in [7, 11) is 0. The van der Waals surface area contributed by atoms with Crippen molar-refractivity contribution in [3.8, 4) is 0 Å². The summed E-state index contributed by atoms with van der Waals surface area (Å²) >= 11 is 0. The largest absolute Gasteiger partial charge is 0.480 e. The lowest BCUT2D eigenvalue weighted by Crippen LogP contribution is -2.47. The van der Waals surface area contributed by atoms with Crippen LogP contribution in [0.4, 0.5) is 0 Å². The number of carboxylic acids is 2. The fourth-order valence-electron chi connectivity index (χ4n) is 3.65. The zero-order valence-corrected chi connectivity index (χ0v) is 18.7. The van der Waals surface area contributed by atoms with E-state index in [1.54, 1.807) is 4.90 Å². The van der Waals surface area contributed by atoms with Crippen LogP contribution in [-0.4, -0.2) is 120 Å². The molecule has 1 aliphatic heterocycles. The summed E-state index contributed by atoms with van der Waals surface area (Å²) in [6.07, 6.45) is 0. The van der Waals surface area contributed by atoms with Crippen molar-refractivity contribution in [1.82, 2.24) is 19.6 Å². The van der Waals surface area contributed by atoms with Gasteiger partial charge in [0.2, 0.25) is 0 Å². The molecular weight excluding hydrogens is 416 g/mol. The predicted octanol–water partition coefficient (Wildman–Crippen LogP) is 0.0163. The fraction of sp³-hybridized carbons (Fsp3) is 0.591. The van der Waals surface area contributed by atoms with E-state index in [0.29, 0.717) is 58.8 Å². The minimum atomic E-state index is -0.929. The maximum Gasteiger partial charge on any atom is 0.317 e. The molecule has 32 heavy (non-hydrogen) atoms. The molecule has 0 unspecified atom stereocenters. The highest BCUT2D eigenvalue weighted by atomic mass is 16.5. The van der Waals surface area contributed by atoms with E-state index >= 15 is 0 Å². The highest BCUT2D eigenvalue weighted by Crippen LogP contribution is 2.08. The second kappa shape index (κ2) is 13.8. The molecule has 1 aliphatic rings. The molecule has 10 heteroatoms. The van der Waals surface area contributed by atoms with Crippen LogP contribution in [-0.2, 0) is 25.7 Å². The molecule has 2 rings (SSSR count). The predicted molar refractivity (Wildman–Crippen MR) is 118 cm³/mol. The van der Waals surface area contributed by atoms with Crippen molar-refractivity contribution in [3.05, 3.63) is 35.4 Å². The van der Waals surface area contributed by atoms with Crippen LogP contribution in [0.5, 0.6) is 0 Å². The number of aliphatic carboxylic acids is 2. The monoisotopic (exact) mass is 450 g/mol. The highest BCUT2D eigenvalue weighted by molar-refractivity contribution is 5.69. The van der Waals surface area contributed by atoms with Crippen LogP contribution >= 0.6 is 0 Å². The quantitative estimate of drug-likeness (QED) is 0.499. The molecular formula is C22H34N4O6. The van der Waals surface area contributed by atoms with E-state index in [4.69, 9.17) is 4.74 Å². The number of rotatable bonds is 9. The Hall–Kier alpha value is -2.53. The maximum atomic E-state index is 11.3. The highest BCUT2D eigenvalue weighted by Gasteiger charge is 2.19. The van der Waals surface area contributed by atoms with Crippen LogP contribution in [0.2, 0.25) is 0 Å². The Balaban J connectivity index is 2.13. The minimum Gasteiger partial charge on any atom is -0.480 e. The number of nitrogens with zero attached hydrogens (tertiary/aromatic N) is 4. The van der Waals surface area contributed by atoms with Gasteiger partial charge < -0.3 is 14.9 Å². The van der Waals surface area contributed by atoms with E-state index in [2.05, 4.69) is 29.2 Å². The smallest absolute Gasteiger partial charge is 0.317 e. The summed E-state index contributed by atoms with van der Waals surface area (Å²) in [5.74, 6) is -1.83. The third kappa shape index (κ3) is 10.2. The topological polar surface area (TPSA) is 114 Å². The molecule has 0 atom stereocenters. The SMILES string of the molecule is Cc1ccc(CN2CCN(COC=O)CCN(CC(=O)O)CCN(CC(=O)O)CC2)cc1. The van der Waals surface area contributed by atoms with E-state index in [1.165, 1.54) is 11.1 Å². The zero-order chi connectivity index (χ0) is 23.3. The van der Waals surface area contributed by atoms with Gasteiger partial charge in [-0.3, -0.25) is 34.0 Å². The molecule has 178 valence electrons. The lowest BCUT2D eigenvalue weighted by atomic mass is 10.1. The van der Waals surface area contributed by atoms with Gasteiger partial charge in [0.05, 0.1) is 13.1 Å². The number of benzene rings is 1. The van der Waals surface area contributed by atoms with Crippen LogP contribution < -0.4 is 0 Å². The van der Waals surface area contributed by atoms with Crippen molar-refractivity contribution in [3.63, 3.8) is 0 Å². The molecule has 10 nitrogen and oxygen atoms in total. The average Bonchev–Trinajstić information content (AvgIpc) is 2.74. The molecule has 0 amide bonds. The first kappa shape index (κ1) is 25.7. The summed E-state index contributed by atoms with van der Waals surface area (Å²) in [4.78, 5) is 41.2. The third-order valence-electron chi connectivity index (χ3n) is 5.50. The van der Waals surface area contributed by atoms with E-state index in [0.717, 1.165) is 6.54 Å². The molecule has 0 spiro atoms. The van der Waals surface area contributed by atoms with Gasteiger partial charge in [-0.25, -0.2) is 0 Å². The summed E-state index contributed by atoms with van der Waals surface area (Å²) in [5, 5.41) is 18.5. The lowest BCUT2D eigenvalue weighted by molar-refractivity contribution is -0.140. The number of carboxylic acid groups (broad SMARTS) is 2. The molecule has 2 N–H and O–H groups in total. The van der Waals surface area contributed by atoms with Crippen molar-refractivity contribution in [2.45, 2.75) is 13.5 Å². The van der Waals surface area contributed by atoms with Crippen LogP contribution in [0.25, 0.3) is 0 Å². The Morgan fingerprint density at radius 3 is 1.69 bits per heavy atom. The van der Waals surface area contributed by atoms with E-state index in [1.807, 2.05) is 16.7 Å². The maximum absolute atomic E-state index is 11.3. The Kier molecular flexibility index (Phi) is 11.1. The van der Waals surface area contributed by atoms with E-state index in [-0.39, 0.29) is 19.8 Å². The first-order chi connectivity index (χ1) is 15.4. The van der Waals surface area contributed by atoms with Gasteiger partial charge >= 0.3 is 11.9 Å². The fourth-order valence-corrected chi connectivity index (χ4v) is 3.65. The van der Waals surface area contributed by atoms with Crippen molar-refractivity contribution < 1.29 is 29.3 Å². The second-order valence-corrected chi connectivity index (χ2v) is 8.11. The van der Waals surface area contributed by atoms with Crippen molar-refractivity contribution >= 4 is 18.4 Å². The Labute approximate surface area is 188 Å². The molecule has 0 bridgehead atoms. The molecule has 0 aromatic heterocycles. The van der Waals surface area contributed by atoms with Crippen LogP contribution in [0.1, 0.15) is 11.1 Å². The second-order valence-electron chi connectivity index (χ2n) is 8.11. The van der Waals surface area contributed by atoms with Gasteiger partial charge in [-0.2, -0.15) is 0 Å². The van der Waals surface area contributed by atoms with Gasteiger partial charge in [-0.1, -0.05) is 29.8 Å². The summed E-state index contributed by atoms with van der Waals surface area (Å²) in [6.45, 7) is 7.63. The summed E-state index contributed by atoms with van der Waals surface area (Å²) < 4.78 is 4.96. The van der Waals surface area contributed by atoms with Gasteiger partial charge in [0.25, 0.3) is 6.47 Å². The number of hydrogen-bond acceptors (Lipinski definition) is 8. The van der Waals surface area contributed by atoms with Gasteiger partial charge in [-0.15, -0.1) is 0 Å². The van der Waals surface area contributed by atoms with Gasteiger partial charge in [0, 0.05) is 58.9 Å².